The Bertz CT molecular complexity index is 1050. The first-order valence-corrected chi connectivity index (χ1v) is 14.5. The van der Waals surface area contributed by atoms with Gasteiger partial charge in [-0.25, -0.2) is 4.79 Å². The zero-order valence-corrected chi connectivity index (χ0v) is 23.1. The number of amides is 3. The van der Waals surface area contributed by atoms with Gasteiger partial charge in [0.05, 0.1) is 12.1 Å². The number of nitrogens with zero attached hydrogens (tertiary/aromatic N) is 2. The molecule has 40 heavy (non-hydrogen) atoms. The van der Waals surface area contributed by atoms with Gasteiger partial charge in [-0.2, -0.15) is 0 Å². The summed E-state index contributed by atoms with van der Waals surface area (Å²) >= 11 is 0. The van der Waals surface area contributed by atoms with E-state index < -0.39 is 18.2 Å². The molecule has 1 aromatic rings. The highest BCUT2D eigenvalue weighted by Crippen LogP contribution is 2.38. The Morgan fingerprint density at radius 3 is 2.73 bits per heavy atom. The minimum Gasteiger partial charge on any atom is -0.444 e. The first kappa shape index (κ1) is 29.5. The predicted octanol–water partition coefficient (Wildman–Crippen LogP) is 1.85. The third-order valence-corrected chi connectivity index (χ3v) is 8.27. The molecule has 0 radical (unpaired) electrons. The second kappa shape index (κ2) is 14.8. The second-order valence-corrected chi connectivity index (χ2v) is 11.0. The van der Waals surface area contributed by atoms with Gasteiger partial charge in [-0.1, -0.05) is 49.6 Å². The number of carbonyl (C=O) groups is 4. The summed E-state index contributed by atoms with van der Waals surface area (Å²) in [6.07, 6.45) is 7.94. The number of aliphatic imine (C=N–C) groups is 1. The van der Waals surface area contributed by atoms with Gasteiger partial charge in [-0.05, 0) is 62.5 Å². The zero-order valence-electron chi connectivity index (χ0n) is 23.1. The van der Waals surface area contributed by atoms with Crippen LogP contribution in [0.15, 0.2) is 35.3 Å². The van der Waals surface area contributed by atoms with Gasteiger partial charge in [0.1, 0.15) is 18.9 Å². The summed E-state index contributed by atoms with van der Waals surface area (Å²) in [4.78, 5) is 56.1. The molecule has 4 rings (SSSR count). The summed E-state index contributed by atoms with van der Waals surface area (Å²) in [5, 5.41) is 8.62. The van der Waals surface area contributed by atoms with Crippen LogP contribution in [0.1, 0.15) is 63.4 Å². The van der Waals surface area contributed by atoms with Crippen molar-refractivity contribution < 1.29 is 23.9 Å². The molecule has 1 saturated carbocycles. The molecule has 11 heteroatoms. The Labute approximate surface area is 235 Å². The van der Waals surface area contributed by atoms with Gasteiger partial charge >= 0.3 is 6.09 Å². The molecule has 2 aliphatic heterocycles. The van der Waals surface area contributed by atoms with Gasteiger partial charge < -0.3 is 30.8 Å². The smallest absolute Gasteiger partial charge is 0.414 e. The first-order chi connectivity index (χ1) is 19.5. The average Bonchev–Trinajstić information content (AvgIpc) is 3.48. The van der Waals surface area contributed by atoms with Crippen LogP contribution in [0, 0.1) is 11.8 Å². The third-order valence-electron chi connectivity index (χ3n) is 8.27. The highest BCUT2D eigenvalue weighted by molar-refractivity contribution is 5.93. The molecule has 2 saturated heterocycles. The lowest BCUT2D eigenvalue weighted by molar-refractivity contribution is -0.143. The molecule has 5 N–H and O–H groups in total. The Morgan fingerprint density at radius 2 is 1.93 bits per heavy atom. The van der Waals surface area contributed by atoms with Crippen molar-refractivity contribution in [1.82, 2.24) is 20.9 Å². The fraction of sp³-hybridized carbons (Fsp3) is 0.621. The van der Waals surface area contributed by atoms with Crippen molar-refractivity contribution in [3.8, 4) is 0 Å². The quantitative estimate of drug-likeness (QED) is 0.149. The lowest BCUT2D eigenvalue weighted by Crippen LogP contribution is -2.59. The lowest BCUT2D eigenvalue weighted by atomic mass is 9.71. The number of hydrogen-bond donors (Lipinski definition) is 4. The van der Waals surface area contributed by atoms with E-state index in [1.54, 1.807) is 4.90 Å². The maximum absolute atomic E-state index is 13.5. The minimum atomic E-state index is -0.707. The molecule has 0 spiro atoms. The van der Waals surface area contributed by atoms with E-state index in [0.29, 0.717) is 43.9 Å². The van der Waals surface area contributed by atoms with E-state index in [2.05, 4.69) is 20.9 Å². The van der Waals surface area contributed by atoms with Gasteiger partial charge in [0.2, 0.25) is 11.8 Å². The Balaban J connectivity index is 1.19. The van der Waals surface area contributed by atoms with Crippen molar-refractivity contribution in [3.63, 3.8) is 0 Å². The van der Waals surface area contributed by atoms with E-state index in [-0.39, 0.29) is 37.0 Å². The summed E-state index contributed by atoms with van der Waals surface area (Å²) in [6.45, 7) is 1.78. The number of piperidine rings is 1. The molecule has 0 bridgehead atoms. The van der Waals surface area contributed by atoms with E-state index in [1.165, 1.54) is 12.8 Å². The van der Waals surface area contributed by atoms with E-state index in [0.717, 1.165) is 37.8 Å². The Hall–Kier alpha value is -3.47. The molecular weight excluding hydrogens is 512 g/mol. The van der Waals surface area contributed by atoms with Crippen molar-refractivity contribution in [3.05, 3.63) is 35.9 Å². The average molecular weight is 555 g/mol. The monoisotopic (exact) mass is 554 g/mol. The summed E-state index contributed by atoms with van der Waals surface area (Å²) in [5.74, 6) is 0.586. The molecule has 0 unspecified atom stereocenters. The van der Waals surface area contributed by atoms with Crippen LogP contribution in [0.5, 0.6) is 0 Å². The molecule has 2 heterocycles. The van der Waals surface area contributed by atoms with Crippen LogP contribution in [-0.2, 0) is 25.7 Å². The summed E-state index contributed by atoms with van der Waals surface area (Å²) in [7, 11) is 0. The number of nitrogens with one attached hydrogen (secondary N) is 3. The maximum Gasteiger partial charge on any atom is 0.414 e. The molecule has 11 nitrogen and oxygen atoms in total. The molecule has 1 aromatic carbocycles. The molecule has 218 valence electrons. The molecular formula is C29H42N6O5. The number of hydrogen-bond acceptors (Lipinski definition) is 7. The van der Waals surface area contributed by atoms with Crippen LogP contribution >= 0.6 is 0 Å². The highest BCUT2D eigenvalue weighted by atomic mass is 16.5. The first-order valence-electron chi connectivity index (χ1n) is 14.5. The zero-order chi connectivity index (χ0) is 28.3. The molecule has 1 aliphatic carbocycles. The summed E-state index contributed by atoms with van der Waals surface area (Å²) < 4.78 is 5.11. The van der Waals surface area contributed by atoms with E-state index in [1.807, 2.05) is 30.3 Å². The number of ether oxygens (including phenoxy) is 1. The van der Waals surface area contributed by atoms with Gasteiger partial charge in [0.15, 0.2) is 5.96 Å². The molecule has 5 atom stereocenters. The Kier molecular flexibility index (Phi) is 10.9. The van der Waals surface area contributed by atoms with Gasteiger partial charge in [-0.15, -0.1) is 0 Å². The number of likely N-dealkylation sites (tertiary alicyclic amines) is 1. The molecule has 3 amide bonds. The van der Waals surface area contributed by atoms with E-state index in [4.69, 9.17) is 10.5 Å². The van der Waals surface area contributed by atoms with E-state index >= 15 is 0 Å². The van der Waals surface area contributed by atoms with Crippen LogP contribution in [0.3, 0.4) is 0 Å². The molecule has 3 aliphatic rings. The summed E-state index contributed by atoms with van der Waals surface area (Å²) in [6, 6.07) is 7.79. The lowest BCUT2D eigenvalue weighted by Gasteiger charge is -2.43. The fourth-order valence-electron chi connectivity index (χ4n) is 6.23. The van der Waals surface area contributed by atoms with Crippen LogP contribution in [0.4, 0.5) is 4.79 Å². The second-order valence-electron chi connectivity index (χ2n) is 11.0. The normalized spacial score (nSPS) is 25.4. The Morgan fingerprint density at radius 1 is 1.12 bits per heavy atom. The van der Waals surface area contributed by atoms with Crippen molar-refractivity contribution in [2.75, 3.05) is 19.6 Å². The fourth-order valence-corrected chi connectivity index (χ4v) is 6.23. The number of benzene rings is 1. The SMILES string of the molecule is NC(=NCCC[C@@H](C=O)NC(=O)[C@@H]1CCCN1C(=O)[C@@H]1NCC[C@@H]2CCCC[C@@H]21)NC(=O)OCc1ccccc1. The van der Waals surface area contributed by atoms with Crippen LogP contribution in [0.2, 0.25) is 0 Å². The standard InChI is InChI=1S/C29H42N6O5/c30-28(34-29(39)40-19-20-8-2-1-3-9-20)32-15-6-11-22(18-36)33-26(37)24-13-7-17-35(24)27(38)25-23-12-5-4-10-21(23)14-16-31-25/h1-3,8-9,18,21-25,31H,4-7,10-17,19H2,(H,33,37)(H3,30,32,34,39)/t21-,22-,23-,24-,25+/m0/s1. The number of carbonyl (C=O) groups excluding carboxylic acids is 4. The minimum absolute atomic E-state index is 0.0245. The van der Waals surface area contributed by atoms with Gasteiger partial charge in [0.25, 0.3) is 0 Å². The van der Waals surface area contributed by atoms with Crippen molar-refractivity contribution in [1.29, 1.82) is 0 Å². The number of alkyl carbamates (subject to hydrolysis) is 1. The van der Waals surface area contributed by atoms with Crippen molar-refractivity contribution >= 4 is 30.2 Å². The third kappa shape index (κ3) is 8.03. The number of rotatable bonds is 10. The van der Waals surface area contributed by atoms with Crippen LogP contribution in [-0.4, -0.2) is 72.8 Å². The maximum atomic E-state index is 13.5. The van der Waals surface area contributed by atoms with Crippen molar-refractivity contribution in [2.45, 2.75) is 82.5 Å². The number of fused-ring (bicyclic) bond motifs is 1. The number of aldehydes is 1. The molecule has 3 fully saturated rings. The predicted molar refractivity (Wildman–Crippen MR) is 150 cm³/mol. The number of nitrogens with two attached hydrogens (primary N) is 1. The van der Waals surface area contributed by atoms with Crippen LogP contribution in [0.25, 0.3) is 0 Å². The highest BCUT2D eigenvalue weighted by Gasteiger charge is 2.44. The van der Waals surface area contributed by atoms with Gasteiger partial charge in [-0.3, -0.25) is 19.9 Å². The largest absolute Gasteiger partial charge is 0.444 e. The van der Waals surface area contributed by atoms with Gasteiger partial charge in [0, 0.05) is 13.1 Å². The topological polar surface area (TPSA) is 155 Å². The van der Waals surface area contributed by atoms with Crippen LogP contribution < -0.4 is 21.7 Å². The van der Waals surface area contributed by atoms with Crippen molar-refractivity contribution in [2.24, 2.45) is 22.6 Å². The summed E-state index contributed by atoms with van der Waals surface area (Å²) in [5.41, 5.74) is 6.61. The van der Waals surface area contributed by atoms with E-state index in [9.17, 15) is 19.2 Å². The number of guanidine groups is 1. The molecule has 0 aromatic heterocycles.